The molecule has 0 spiro atoms. The van der Waals surface area contributed by atoms with E-state index in [2.05, 4.69) is 0 Å². The summed E-state index contributed by atoms with van der Waals surface area (Å²) in [5, 5.41) is 24.0. The Morgan fingerprint density at radius 1 is 0.591 bits per heavy atom. The molecular formula is C6H15NiO12S3. The van der Waals surface area contributed by atoms with Crippen molar-refractivity contribution < 1.29 is 70.7 Å². The molecule has 139 valence electrons. The molecule has 1 radical (unpaired) electrons. The van der Waals surface area contributed by atoms with Crippen LogP contribution in [-0.4, -0.2) is 70.5 Å². The molecule has 0 aromatic heterocycles. The monoisotopic (exact) mass is 433 g/mol. The molecular weight excluding hydrogens is 419 g/mol. The van der Waals surface area contributed by atoms with Gasteiger partial charge in [0.15, 0.2) is 0 Å². The first-order valence-electron chi connectivity index (χ1n) is 4.71. The molecule has 3 unspecified atom stereocenters. The van der Waals surface area contributed by atoms with Crippen LogP contribution in [0.25, 0.3) is 0 Å². The Hall–Kier alpha value is 0.104. The van der Waals surface area contributed by atoms with Crippen LogP contribution in [0.4, 0.5) is 0 Å². The summed E-state index contributed by atoms with van der Waals surface area (Å²) in [5.41, 5.74) is -5.35. The van der Waals surface area contributed by atoms with Crippen LogP contribution in [0, 0.1) is 0 Å². The van der Waals surface area contributed by atoms with E-state index in [1.165, 1.54) is 0 Å². The third-order valence-electron chi connectivity index (χ3n) is 1.25. The molecule has 0 aliphatic carbocycles. The minimum atomic E-state index is -4.44. The number of rotatable bonds is 3. The van der Waals surface area contributed by atoms with Gasteiger partial charge in [-0.15, -0.1) is 0 Å². The molecule has 0 aromatic rings. The van der Waals surface area contributed by atoms with E-state index in [1.54, 1.807) is 0 Å². The van der Waals surface area contributed by atoms with Gasteiger partial charge in [0.05, 0.1) is 0 Å². The predicted octanol–water partition coefficient (Wildman–Crippen LogP) is -3.39. The molecule has 0 fully saturated rings. The summed E-state index contributed by atoms with van der Waals surface area (Å²) in [4.78, 5) is 0. The summed E-state index contributed by atoms with van der Waals surface area (Å²) >= 11 is 0. The molecule has 16 heteroatoms. The van der Waals surface area contributed by atoms with Crippen molar-refractivity contribution in [2.24, 2.45) is 0 Å². The second-order valence-corrected chi connectivity index (χ2v) is 8.28. The smallest absolute Gasteiger partial charge is 0.746 e. The topological polar surface area (TPSA) is 232 Å². The number of hydrogen-bond donors (Lipinski definition) is 3. The molecule has 0 bridgehead atoms. The largest absolute Gasteiger partial charge is 3.00 e. The zero-order valence-electron chi connectivity index (χ0n) is 11.3. The number of hydrogen-bond acceptors (Lipinski definition) is 12. The standard InChI is InChI=1S/3C2H6O4S.Ni/c3*1-2(3)7(4,5)6;/h3*2-3H,1H3,(H,4,5,6);/q;;;+3/p-3. The van der Waals surface area contributed by atoms with Gasteiger partial charge in [0.1, 0.15) is 46.7 Å². The van der Waals surface area contributed by atoms with Gasteiger partial charge in [-0.2, -0.15) is 0 Å². The second kappa shape index (κ2) is 11.6. The van der Waals surface area contributed by atoms with Gasteiger partial charge >= 0.3 is 16.5 Å². The maximum absolute atomic E-state index is 9.53. The van der Waals surface area contributed by atoms with Crippen molar-refractivity contribution >= 4 is 30.4 Å². The molecule has 12 nitrogen and oxygen atoms in total. The Kier molecular flexibility index (Phi) is 15.9. The van der Waals surface area contributed by atoms with Crippen LogP contribution < -0.4 is 0 Å². The number of aliphatic hydroxyl groups is 3. The van der Waals surface area contributed by atoms with Crippen molar-refractivity contribution in [1.82, 2.24) is 0 Å². The summed E-state index contributed by atoms with van der Waals surface area (Å²) in [5.74, 6) is 0. The van der Waals surface area contributed by atoms with Crippen molar-refractivity contribution in [2.45, 2.75) is 37.1 Å². The Morgan fingerprint density at radius 3 is 0.636 bits per heavy atom. The quantitative estimate of drug-likeness (QED) is 0.291. The van der Waals surface area contributed by atoms with Crippen molar-refractivity contribution in [3.8, 4) is 0 Å². The Bertz CT molecular complexity index is 487. The van der Waals surface area contributed by atoms with Gasteiger partial charge in [0.25, 0.3) is 0 Å². The summed E-state index contributed by atoms with van der Waals surface area (Å²) < 4.78 is 85.7. The molecule has 0 rings (SSSR count). The van der Waals surface area contributed by atoms with Crippen molar-refractivity contribution in [2.75, 3.05) is 0 Å². The molecule has 0 amide bonds. The molecule has 3 atom stereocenters. The second-order valence-electron chi connectivity index (χ2n) is 3.28. The molecule has 0 heterocycles. The average Bonchev–Trinajstić information content (AvgIpc) is 2.14. The van der Waals surface area contributed by atoms with Gasteiger partial charge < -0.3 is 29.0 Å². The van der Waals surface area contributed by atoms with Gasteiger partial charge in [-0.1, -0.05) is 0 Å². The van der Waals surface area contributed by atoms with Crippen LogP contribution in [0.2, 0.25) is 0 Å². The molecule has 0 aliphatic heterocycles. The third-order valence-corrected chi connectivity index (χ3v) is 3.76. The molecule has 0 aliphatic rings. The van der Waals surface area contributed by atoms with E-state index in [0.29, 0.717) is 0 Å². The van der Waals surface area contributed by atoms with Crippen LogP contribution in [-0.2, 0) is 46.8 Å². The SMILES string of the molecule is CC(O)S(=O)(=O)[O-].CC(O)S(=O)(=O)[O-].CC(O)S(=O)(=O)[O-].[Ni+3]. The molecule has 0 saturated carbocycles. The van der Waals surface area contributed by atoms with Gasteiger partial charge in [-0.05, 0) is 20.8 Å². The van der Waals surface area contributed by atoms with E-state index in [-0.39, 0.29) is 16.5 Å². The molecule has 22 heavy (non-hydrogen) atoms. The number of aliphatic hydroxyl groups excluding tert-OH is 3. The van der Waals surface area contributed by atoms with Crippen molar-refractivity contribution in [3.05, 3.63) is 0 Å². The summed E-state index contributed by atoms with van der Waals surface area (Å²) in [6.45, 7) is 2.72. The minimum Gasteiger partial charge on any atom is -0.746 e. The van der Waals surface area contributed by atoms with Gasteiger partial charge in [-0.3, -0.25) is 0 Å². The fourth-order valence-electron chi connectivity index (χ4n) is 0. The zero-order valence-corrected chi connectivity index (χ0v) is 14.7. The van der Waals surface area contributed by atoms with E-state index in [9.17, 15) is 38.9 Å². The van der Waals surface area contributed by atoms with Crippen LogP contribution in [0.3, 0.4) is 0 Å². The van der Waals surface area contributed by atoms with E-state index in [4.69, 9.17) is 15.3 Å². The third kappa shape index (κ3) is 22.4. The summed E-state index contributed by atoms with van der Waals surface area (Å²) in [6, 6.07) is 0. The van der Waals surface area contributed by atoms with Crippen molar-refractivity contribution in [1.29, 1.82) is 0 Å². The van der Waals surface area contributed by atoms with E-state index in [0.717, 1.165) is 20.8 Å². The van der Waals surface area contributed by atoms with E-state index < -0.39 is 46.7 Å². The Morgan fingerprint density at radius 2 is 0.636 bits per heavy atom. The minimum absolute atomic E-state index is 0. The average molecular weight is 434 g/mol. The first kappa shape index (κ1) is 30.0. The van der Waals surface area contributed by atoms with Gasteiger partial charge in [0, 0.05) is 0 Å². The first-order chi connectivity index (χ1) is 8.83. The van der Waals surface area contributed by atoms with Crippen LogP contribution >= 0.6 is 0 Å². The van der Waals surface area contributed by atoms with E-state index in [1.807, 2.05) is 0 Å². The fraction of sp³-hybridized carbons (Fsp3) is 1.00. The summed E-state index contributed by atoms with van der Waals surface area (Å²) in [6.07, 6.45) is 0. The molecule has 0 aromatic carbocycles. The van der Waals surface area contributed by atoms with Crippen LogP contribution in [0.15, 0.2) is 0 Å². The van der Waals surface area contributed by atoms with Gasteiger partial charge in [0.2, 0.25) is 0 Å². The maximum atomic E-state index is 9.53. The molecule has 3 N–H and O–H groups in total. The predicted molar refractivity (Wildman–Crippen MR) is 64.1 cm³/mol. The van der Waals surface area contributed by atoms with Crippen molar-refractivity contribution in [3.63, 3.8) is 0 Å². The maximum Gasteiger partial charge on any atom is 3.00 e. The summed E-state index contributed by atoms with van der Waals surface area (Å²) in [7, 11) is -13.3. The first-order valence-corrected chi connectivity index (χ1v) is 9.13. The Balaban J connectivity index is -0.000000108. The normalized spacial score (nSPS) is 15.7. The Labute approximate surface area is 138 Å². The van der Waals surface area contributed by atoms with E-state index >= 15 is 0 Å². The van der Waals surface area contributed by atoms with Crippen LogP contribution in [0.5, 0.6) is 0 Å². The fourth-order valence-corrected chi connectivity index (χ4v) is 0. The van der Waals surface area contributed by atoms with Gasteiger partial charge in [-0.25, -0.2) is 25.3 Å². The zero-order chi connectivity index (χ0) is 18.2. The van der Waals surface area contributed by atoms with Crippen LogP contribution in [0.1, 0.15) is 20.8 Å². The molecule has 0 saturated heterocycles.